The Labute approximate surface area is 148 Å². The molecule has 0 saturated heterocycles. The second-order valence-electron chi connectivity index (χ2n) is 6.72. The van der Waals surface area contributed by atoms with Gasteiger partial charge in [-0.1, -0.05) is 60.3 Å². The van der Waals surface area contributed by atoms with Crippen LogP contribution in [0.25, 0.3) is 11.4 Å². The average Bonchev–Trinajstić information content (AvgIpc) is 3.11. The molecule has 1 aromatic heterocycles. The van der Waals surface area contributed by atoms with Crippen LogP contribution < -0.4 is 0 Å². The largest absolute Gasteiger partial charge is 0.337 e. The number of benzene rings is 1. The highest BCUT2D eigenvalue weighted by Crippen LogP contribution is 2.26. The van der Waals surface area contributed by atoms with E-state index in [2.05, 4.69) is 16.7 Å². The third-order valence-electron chi connectivity index (χ3n) is 4.72. The molecule has 0 aliphatic heterocycles. The number of aromatic nitrogens is 2. The second-order valence-corrected chi connectivity index (χ2v) is 6.72. The molecule has 1 aliphatic rings. The highest BCUT2D eigenvalue weighted by atomic mass is 16.5. The minimum Gasteiger partial charge on any atom is -0.337 e. The number of rotatable bonds is 6. The maximum absolute atomic E-state index is 12.8. The zero-order valence-corrected chi connectivity index (χ0v) is 14.8. The first-order valence-electron chi connectivity index (χ1n) is 8.96. The van der Waals surface area contributed by atoms with E-state index in [4.69, 9.17) is 4.52 Å². The zero-order chi connectivity index (χ0) is 17.6. The van der Waals surface area contributed by atoms with E-state index in [9.17, 15) is 4.79 Å². The van der Waals surface area contributed by atoms with Crippen molar-refractivity contribution < 1.29 is 9.32 Å². The number of amides is 1. The monoisotopic (exact) mass is 339 g/mol. The first-order chi connectivity index (χ1) is 12.2. The van der Waals surface area contributed by atoms with Gasteiger partial charge in [0.15, 0.2) is 0 Å². The quantitative estimate of drug-likeness (QED) is 0.742. The SMILES string of the molecule is C=CCN(Cc1nc(-c2ccc(C)cc2)no1)C(=O)C1CCCCC1. The van der Waals surface area contributed by atoms with Gasteiger partial charge in [0.2, 0.25) is 17.6 Å². The van der Waals surface area contributed by atoms with E-state index >= 15 is 0 Å². The molecule has 0 radical (unpaired) electrons. The van der Waals surface area contributed by atoms with Gasteiger partial charge in [0.05, 0.1) is 0 Å². The van der Waals surface area contributed by atoms with Gasteiger partial charge in [0, 0.05) is 18.0 Å². The molecular weight excluding hydrogens is 314 g/mol. The lowest BCUT2D eigenvalue weighted by molar-refractivity contribution is -0.137. The molecule has 0 N–H and O–H groups in total. The van der Waals surface area contributed by atoms with Crippen molar-refractivity contribution in [1.29, 1.82) is 0 Å². The number of hydrogen-bond acceptors (Lipinski definition) is 4. The lowest BCUT2D eigenvalue weighted by Gasteiger charge is -2.27. The summed E-state index contributed by atoms with van der Waals surface area (Å²) in [7, 11) is 0. The predicted octanol–water partition coefficient (Wildman–Crippen LogP) is 4.14. The van der Waals surface area contributed by atoms with Crippen LogP contribution in [-0.4, -0.2) is 27.5 Å². The van der Waals surface area contributed by atoms with Crippen LogP contribution >= 0.6 is 0 Å². The van der Waals surface area contributed by atoms with E-state index in [1.807, 2.05) is 31.2 Å². The van der Waals surface area contributed by atoms with Crippen molar-refractivity contribution in [2.45, 2.75) is 45.6 Å². The van der Waals surface area contributed by atoms with Crippen molar-refractivity contribution in [2.24, 2.45) is 5.92 Å². The van der Waals surface area contributed by atoms with Crippen LogP contribution in [0, 0.1) is 12.8 Å². The molecule has 132 valence electrons. The Bertz CT molecular complexity index is 715. The zero-order valence-electron chi connectivity index (χ0n) is 14.8. The fraction of sp³-hybridized carbons (Fsp3) is 0.450. The van der Waals surface area contributed by atoms with Crippen molar-refractivity contribution in [3.63, 3.8) is 0 Å². The number of aryl methyl sites for hydroxylation is 1. The van der Waals surface area contributed by atoms with Crippen LogP contribution in [0.5, 0.6) is 0 Å². The predicted molar refractivity (Wildman–Crippen MR) is 96.7 cm³/mol. The highest BCUT2D eigenvalue weighted by molar-refractivity contribution is 5.79. The summed E-state index contributed by atoms with van der Waals surface area (Å²) in [6.45, 7) is 6.64. The van der Waals surface area contributed by atoms with Gasteiger partial charge in [-0.05, 0) is 19.8 Å². The molecule has 0 atom stereocenters. The van der Waals surface area contributed by atoms with Crippen molar-refractivity contribution in [1.82, 2.24) is 15.0 Å². The first kappa shape index (κ1) is 17.4. The van der Waals surface area contributed by atoms with Gasteiger partial charge in [-0.3, -0.25) is 4.79 Å². The van der Waals surface area contributed by atoms with E-state index in [0.29, 0.717) is 24.8 Å². The van der Waals surface area contributed by atoms with Crippen LogP contribution in [0.4, 0.5) is 0 Å². The Morgan fingerprint density at radius 3 is 2.68 bits per heavy atom. The molecule has 3 rings (SSSR count). The van der Waals surface area contributed by atoms with Crippen molar-refractivity contribution in [3.05, 3.63) is 48.4 Å². The van der Waals surface area contributed by atoms with Crippen molar-refractivity contribution in [3.8, 4) is 11.4 Å². The fourth-order valence-corrected chi connectivity index (χ4v) is 3.30. The average molecular weight is 339 g/mol. The molecule has 25 heavy (non-hydrogen) atoms. The summed E-state index contributed by atoms with van der Waals surface area (Å²) in [5, 5.41) is 4.05. The topological polar surface area (TPSA) is 59.2 Å². The summed E-state index contributed by atoms with van der Waals surface area (Å²) in [6.07, 6.45) is 7.20. The van der Waals surface area contributed by atoms with Crippen LogP contribution in [0.2, 0.25) is 0 Å². The molecular formula is C20H25N3O2. The van der Waals surface area contributed by atoms with Gasteiger partial charge in [-0.25, -0.2) is 0 Å². The van der Waals surface area contributed by atoms with E-state index < -0.39 is 0 Å². The van der Waals surface area contributed by atoms with Gasteiger partial charge in [-0.15, -0.1) is 6.58 Å². The van der Waals surface area contributed by atoms with Gasteiger partial charge in [-0.2, -0.15) is 4.98 Å². The minimum absolute atomic E-state index is 0.119. The van der Waals surface area contributed by atoms with Crippen LogP contribution in [-0.2, 0) is 11.3 Å². The van der Waals surface area contributed by atoms with E-state index in [1.165, 1.54) is 12.0 Å². The molecule has 1 saturated carbocycles. The summed E-state index contributed by atoms with van der Waals surface area (Å²) in [4.78, 5) is 19.0. The number of carbonyl (C=O) groups excluding carboxylic acids is 1. The van der Waals surface area contributed by atoms with Gasteiger partial charge in [0.25, 0.3) is 0 Å². The Hall–Kier alpha value is -2.43. The van der Waals surface area contributed by atoms with Gasteiger partial charge >= 0.3 is 0 Å². The molecule has 0 bridgehead atoms. The molecule has 0 spiro atoms. The molecule has 1 heterocycles. The summed E-state index contributed by atoms with van der Waals surface area (Å²) < 4.78 is 5.37. The summed E-state index contributed by atoms with van der Waals surface area (Å²) in [6, 6.07) is 7.97. The van der Waals surface area contributed by atoms with Crippen LogP contribution in [0.15, 0.2) is 41.4 Å². The number of hydrogen-bond donors (Lipinski definition) is 0. The highest BCUT2D eigenvalue weighted by Gasteiger charge is 2.26. The summed E-state index contributed by atoms with van der Waals surface area (Å²) in [5.74, 6) is 1.31. The minimum atomic E-state index is 0.119. The molecule has 2 aromatic rings. The molecule has 1 aliphatic carbocycles. The van der Waals surface area contributed by atoms with Crippen molar-refractivity contribution in [2.75, 3.05) is 6.54 Å². The molecule has 5 nitrogen and oxygen atoms in total. The van der Waals surface area contributed by atoms with E-state index in [-0.39, 0.29) is 11.8 Å². The fourth-order valence-electron chi connectivity index (χ4n) is 3.30. The Kier molecular flexibility index (Phi) is 5.64. The standard InChI is InChI=1S/C20H25N3O2/c1-3-13-23(20(24)17-7-5-4-6-8-17)14-18-21-19(22-25-18)16-11-9-15(2)10-12-16/h3,9-12,17H,1,4-8,13-14H2,2H3. The van der Waals surface area contributed by atoms with Gasteiger partial charge < -0.3 is 9.42 Å². The molecule has 5 heteroatoms. The Balaban J connectivity index is 1.70. The lowest BCUT2D eigenvalue weighted by Crippen LogP contribution is -2.36. The van der Waals surface area contributed by atoms with Gasteiger partial charge in [0.1, 0.15) is 6.54 Å². The van der Waals surface area contributed by atoms with Crippen molar-refractivity contribution >= 4 is 5.91 Å². The molecule has 0 unspecified atom stereocenters. The molecule has 1 amide bonds. The summed E-state index contributed by atoms with van der Waals surface area (Å²) in [5.41, 5.74) is 2.09. The molecule has 1 fully saturated rings. The number of carbonyl (C=O) groups is 1. The third kappa shape index (κ3) is 4.35. The normalized spacial score (nSPS) is 15.1. The lowest BCUT2D eigenvalue weighted by atomic mass is 9.88. The maximum Gasteiger partial charge on any atom is 0.246 e. The third-order valence-corrected chi connectivity index (χ3v) is 4.72. The number of nitrogens with zero attached hydrogens (tertiary/aromatic N) is 3. The van der Waals surface area contributed by atoms with E-state index in [1.54, 1.807) is 11.0 Å². The maximum atomic E-state index is 12.8. The van der Waals surface area contributed by atoms with E-state index in [0.717, 1.165) is 31.2 Å². The van der Waals surface area contributed by atoms with Crippen LogP contribution in [0.1, 0.15) is 43.6 Å². The smallest absolute Gasteiger partial charge is 0.246 e. The Morgan fingerprint density at radius 2 is 2.00 bits per heavy atom. The first-order valence-corrected chi connectivity index (χ1v) is 8.96. The second kappa shape index (κ2) is 8.10. The molecule has 1 aromatic carbocycles. The van der Waals surface area contributed by atoms with Crippen LogP contribution in [0.3, 0.4) is 0 Å². The summed E-state index contributed by atoms with van der Waals surface area (Å²) >= 11 is 0. The Morgan fingerprint density at radius 1 is 1.28 bits per heavy atom.